The SMILES string of the molecule is CC1=C(C)[C](C)([Ge]#[W][I])C(C)=C1C.c1ccc([PH+](CC[PH+](c2ccccc2)c2ccccc2)c2ccccc2)cc1.c1ccc([PH+](CC[PH+](c2ccccc2)c2ccccc2)c2ccccc2)cc1. The molecule has 0 amide bonds. The zero-order valence-electron chi connectivity index (χ0n) is 40.7. The molecule has 1 aliphatic rings. The van der Waals surface area contributed by atoms with E-state index in [1.807, 2.05) is 0 Å². The second-order valence-corrected chi connectivity index (χ2v) is 56.4. The van der Waals surface area contributed by atoms with Crippen LogP contribution >= 0.6 is 51.0 Å². The molecule has 0 fully saturated rings. The normalized spacial score (nSPS) is 12.9. The Morgan fingerprint density at radius 2 is 0.478 bits per heavy atom. The van der Waals surface area contributed by atoms with E-state index in [-0.39, 0.29) is 11.8 Å². The van der Waals surface area contributed by atoms with Crippen molar-refractivity contribution in [2.24, 2.45) is 0 Å². The summed E-state index contributed by atoms with van der Waals surface area (Å²) in [6.07, 6.45) is 5.04. The fourth-order valence-electron chi connectivity index (χ4n) is 9.26. The summed E-state index contributed by atoms with van der Waals surface area (Å²) in [6.45, 7) is 11.8. The van der Waals surface area contributed by atoms with E-state index >= 15 is 0 Å². The summed E-state index contributed by atoms with van der Waals surface area (Å²) in [4.78, 5) is 0. The maximum atomic E-state index is 2.70. The largest absolute Gasteiger partial charge is 0.101 e. The first-order valence-electron chi connectivity index (χ1n) is 24.1. The summed E-state index contributed by atoms with van der Waals surface area (Å²) in [7, 11) is -3.13. The molecule has 348 valence electrons. The molecule has 8 aromatic rings. The van der Waals surface area contributed by atoms with Gasteiger partial charge in [0.05, 0.1) is 74.1 Å². The summed E-state index contributed by atoms with van der Waals surface area (Å²) >= 11 is 3.03. The van der Waals surface area contributed by atoms with Crippen LogP contribution in [0.4, 0.5) is 0 Å². The molecule has 0 saturated heterocycles. The van der Waals surface area contributed by atoms with E-state index in [0.717, 1.165) is 0 Å². The molecule has 0 saturated carbocycles. The molecule has 0 heterocycles. The first-order chi connectivity index (χ1) is 33.8. The van der Waals surface area contributed by atoms with Crippen molar-refractivity contribution in [2.45, 2.75) is 38.9 Å². The molecule has 0 radical (unpaired) electrons. The molecule has 0 aliphatic heterocycles. The van der Waals surface area contributed by atoms with Gasteiger partial charge in [-0.15, -0.1) is 0 Å². The number of rotatable bonds is 14. The first kappa shape index (κ1) is 53.7. The van der Waals surface area contributed by atoms with Gasteiger partial charge in [-0.1, -0.05) is 146 Å². The van der Waals surface area contributed by atoms with Crippen molar-refractivity contribution < 1.29 is 11.8 Å². The minimum absolute atomic E-state index is 0.0218. The van der Waals surface area contributed by atoms with Gasteiger partial charge < -0.3 is 0 Å². The maximum absolute atomic E-state index is 2.70. The molecular weight excluding hydrogens is 1250 g/mol. The van der Waals surface area contributed by atoms with Gasteiger partial charge in [-0.25, -0.2) is 0 Å². The smallest absolute Gasteiger partial charge is 0.0620 e. The molecule has 0 nitrogen and oxygen atoms in total. The van der Waals surface area contributed by atoms with Gasteiger partial charge in [-0.05, 0) is 97.1 Å². The molecule has 1 aliphatic carbocycles. The molecule has 0 aromatic heterocycles. The monoisotopic (exact) mass is 1320 g/mol. The van der Waals surface area contributed by atoms with Crippen molar-refractivity contribution in [3.63, 3.8) is 0 Å². The van der Waals surface area contributed by atoms with Gasteiger partial charge in [-0.3, -0.25) is 0 Å². The molecule has 69 heavy (non-hydrogen) atoms. The fourth-order valence-corrected chi connectivity index (χ4v) is 50.7. The average molecular weight is 1320 g/mol. The molecule has 7 heteroatoms. The van der Waals surface area contributed by atoms with Crippen molar-refractivity contribution in [3.8, 4) is 0 Å². The van der Waals surface area contributed by atoms with Gasteiger partial charge in [0.1, 0.15) is 24.6 Å². The summed E-state index contributed by atoms with van der Waals surface area (Å²) < 4.78 is 0.556. The number of hydrogen-bond acceptors (Lipinski definition) is 0. The number of benzene rings is 8. The summed E-state index contributed by atoms with van der Waals surface area (Å²) in [6, 6.07) is 89.0. The Labute approximate surface area is 441 Å². The van der Waals surface area contributed by atoms with Gasteiger partial charge in [0.2, 0.25) is 0 Å². The van der Waals surface area contributed by atoms with Gasteiger partial charge in [0.25, 0.3) is 0 Å². The van der Waals surface area contributed by atoms with E-state index < -0.39 is 31.7 Å². The molecule has 0 spiro atoms. The second kappa shape index (κ2) is 28.2. The Balaban J connectivity index is 0.000000164. The summed E-state index contributed by atoms with van der Waals surface area (Å²) in [5, 5.41) is 12.1. The molecular formula is C62H67GeIP4W+4. The third-order valence-corrected chi connectivity index (χ3v) is 46.9. The van der Waals surface area contributed by atoms with Crippen molar-refractivity contribution in [2.75, 3.05) is 24.6 Å². The van der Waals surface area contributed by atoms with Crippen LogP contribution in [0.2, 0.25) is 4.25 Å². The molecule has 0 atom stereocenters. The summed E-state index contributed by atoms with van der Waals surface area (Å²) in [5.74, 6) is 0. The zero-order valence-corrected chi connectivity index (χ0v) is 51.9. The third-order valence-electron chi connectivity index (χ3n) is 13.7. The first-order valence-corrected chi connectivity index (χ1v) is 48.7. The van der Waals surface area contributed by atoms with Crippen molar-refractivity contribution in [1.82, 2.24) is 0 Å². The topological polar surface area (TPSA) is 0 Å². The molecule has 0 N–H and O–H groups in total. The minimum Gasteiger partial charge on any atom is -0.0620 e. The van der Waals surface area contributed by atoms with Gasteiger partial charge in [-0.2, -0.15) is 0 Å². The minimum atomic E-state index is -0.783. The predicted molar refractivity (Wildman–Crippen MR) is 326 cm³/mol. The second-order valence-electron chi connectivity index (χ2n) is 17.6. The number of halogens is 1. The van der Waals surface area contributed by atoms with Crippen LogP contribution in [0.15, 0.2) is 265 Å². The van der Waals surface area contributed by atoms with Gasteiger partial charge in [0, 0.05) is 0 Å². The van der Waals surface area contributed by atoms with Crippen LogP contribution in [0.25, 0.3) is 0 Å². The Kier molecular flexibility index (Phi) is 22.0. The Morgan fingerprint density at radius 3 is 0.623 bits per heavy atom. The van der Waals surface area contributed by atoms with E-state index in [1.54, 1.807) is 22.3 Å². The molecule has 0 bridgehead atoms. The predicted octanol–water partition coefficient (Wildman–Crippen LogP) is 13.3. The van der Waals surface area contributed by atoms with Gasteiger partial charge >= 0.3 is 104 Å². The van der Waals surface area contributed by atoms with Crippen LogP contribution in [0.5, 0.6) is 0 Å². The number of allylic oxidation sites excluding steroid dienone is 4. The van der Waals surface area contributed by atoms with E-state index in [1.165, 1.54) is 67.1 Å². The Morgan fingerprint density at radius 1 is 0.319 bits per heavy atom. The Hall–Kier alpha value is -3.08. The number of hydrogen-bond donors (Lipinski definition) is 0. The van der Waals surface area contributed by atoms with Crippen molar-refractivity contribution >= 4 is 105 Å². The van der Waals surface area contributed by atoms with E-state index in [0.29, 0.717) is 16.2 Å². The van der Waals surface area contributed by atoms with Crippen LogP contribution < -0.4 is 42.4 Å². The standard InChI is InChI=1S/2C26H24P2.C10H15Ge.HI.W/c2*1-5-13-23(14-6-1)27(24-15-7-2-8-16-24)21-22-28(25-17-9-3-10-18-25)26-19-11-4-12-20-26;1-6-7(2)9(4)10(5,11)8(6)3;;/h2*1-20H,21-22H2;1-5H3;1H;/q;;;;+1/p+3. The van der Waals surface area contributed by atoms with Crippen LogP contribution in [-0.4, -0.2) is 36.6 Å². The molecule has 9 rings (SSSR count). The molecule has 0 unspecified atom stereocenters. The van der Waals surface area contributed by atoms with E-state index in [2.05, 4.69) is 297 Å². The maximum Gasteiger partial charge on any atom is 0.101 e. The fraction of sp³-hybridized carbons (Fsp3) is 0.161. The van der Waals surface area contributed by atoms with Crippen LogP contribution in [0, 0.1) is 0 Å². The third kappa shape index (κ3) is 15.0. The van der Waals surface area contributed by atoms with Crippen LogP contribution in [0.1, 0.15) is 34.6 Å². The van der Waals surface area contributed by atoms with Crippen molar-refractivity contribution in [1.29, 1.82) is 0 Å². The zero-order chi connectivity index (χ0) is 48.3. The van der Waals surface area contributed by atoms with E-state index in [4.69, 9.17) is 0 Å². The summed E-state index contributed by atoms with van der Waals surface area (Å²) in [5.41, 5.74) is 6.51. The quantitative estimate of drug-likeness (QED) is 0.0578. The van der Waals surface area contributed by atoms with Crippen LogP contribution in [-0.2, 0) is 11.8 Å². The van der Waals surface area contributed by atoms with Crippen LogP contribution in [0.3, 0.4) is 0 Å². The molecule has 8 aromatic carbocycles. The van der Waals surface area contributed by atoms with Gasteiger partial charge in [0.15, 0.2) is 0 Å². The Bertz CT molecular complexity index is 2380. The average Bonchev–Trinajstić information content (AvgIpc) is 3.56. The van der Waals surface area contributed by atoms with E-state index in [9.17, 15) is 0 Å². The van der Waals surface area contributed by atoms with Crippen molar-refractivity contribution in [3.05, 3.63) is 265 Å².